The topological polar surface area (TPSA) is 105 Å². The summed E-state index contributed by atoms with van der Waals surface area (Å²) in [5, 5.41) is 3.89. The minimum atomic E-state index is -4.00. The number of esters is 1. The molecule has 10 heteroatoms. The van der Waals surface area contributed by atoms with Crippen LogP contribution in [0.2, 0.25) is 0 Å². The van der Waals surface area contributed by atoms with E-state index in [1.54, 1.807) is 66.7 Å². The molecule has 0 atom stereocenters. The first-order chi connectivity index (χ1) is 15.8. The van der Waals surface area contributed by atoms with Gasteiger partial charge in [0, 0.05) is 11.4 Å². The molecule has 1 amide bonds. The van der Waals surface area contributed by atoms with Crippen molar-refractivity contribution in [3.63, 3.8) is 0 Å². The first-order valence-electron chi connectivity index (χ1n) is 9.69. The first-order valence-corrected chi connectivity index (χ1v) is 11.9. The molecule has 3 aromatic carbocycles. The van der Waals surface area contributed by atoms with Crippen molar-refractivity contribution >= 4 is 49.7 Å². The third-order valence-corrected chi connectivity index (χ3v) is 6.54. The van der Waals surface area contributed by atoms with Crippen molar-refractivity contribution in [2.75, 3.05) is 10.8 Å². The molecular formula is C23H20BrN3O5S. The van der Waals surface area contributed by atoms with Gasteiger partial charge in [-0.2, -0.15) is 5.10 Å². The van der Waals surface area contributed by atoms with Crippen LogP contribution in [0, 0.1) is 0 Å². The molecule has 170 valence electrons. The highest BCUT2D eigenvalue weighted by molar-refractivity contribution is 9.10. The molecule has 33 heavy (non-hydrogen) atoms. The minimum absolute atomic E-state index is 0.0640. The average Bonchev–Trinajstić information content (AvgIpc) is 2.79. The lowest BCUT2D eigenvalue weighted by Gasteiger charge is -2.23. The number of carbonyl (C=O) groups excluding carboxylic acids is 2. The molecule has 0 saturated carbocycles. The third kappa shape index (κ3) is 6.74. The summed E-state index contributed by atoms with van der Waals surface area (Å²) in [6.07, 6.45) is 1.39. The highest BCUT2D eigenvalue weighted by atomic mass is 79.9. The van der Waals surface area contributed by atoms with Gasteiger partial charge in [0.25, 0.3) is 15.9 Å². The second-order valence-electron chi connectivity index (χ2n) is 6.76. The van der Waals surface area contributed by atoms with E-state index in [1.165, 1.54) is 25.3 Å². The smallest absolute Gasteiger partial charge is 0.308 e. The normalized spacial score (nSPS) is 11.2. The largest absolute Gasteiger partial charge is 0.427 e. The van der Waals surface area contributed by atoms with Crippen LogP contribution in [0.4, 0.5) is 5.69 Å². The van der Waals surface area contributed by atoms with E-state index >= 15 is 0 Å². The van der Waals surface area contributed by atoms with Crippen LogP contribution >= 0.6 is 15.9 Å². The number of nitrogens with one attached hydrogen (secondary N) is 1. The van der Waals surface area contributed by atoms with Gasteiger partial charge in [0.2, 0.25) is 0 Å². The summed E-state index contributed by atoms with van der Waals surface area (Å²) in [5.41, 5.74) is 3.32. The van der Waals surface area contributed by atoms with Crippen molar-refractivity contribution in [2.45, 2.75) is 11.8 Å². The number of carbonyl (C=O) groups is 2. The summed E-state index contributed by atoms with van der Waals surface area (Å²) in [4.78, 5) is 23.6. The molecule has 0 aliphatic rings. The monoisotopic (exact) mass is 529 g/mol. The number of benzene rings is 3. The Balaban J connectivity index is 1.75. The molecule has 0 unspecified atom stereocenters. The Morgan fingerprint density at radius 1 is 1.03 bits per heavy atom. The molecule has 0 saturated heterocycles. The number of nitrogens with zero attached hydrogens (tertiary/aromatic N) is 2. The maximum Gasteiger partial charge on any atom is 0.308 e. The zero-order valence-electron chi connectivity index (χ0n) is 17.5. The Hall–Kier alpha value is -3.50. The van der Waals surface area contributed by atoms with Gasteiger partial charge in [-0.05, 0) is 60.2 Å². The van der Waals surface area contributed by atoms with E-state index in [1.807, 2.05) is 0 Å². The Morgan fingerprint density at radius 2 is 1.73 bits per heavy atom. The Morgan fingerprint density at radius 3 is 2.36 bits per heavy atom. The Labute approximate surface area is 200 Å². The quantitative estimate of drug-likeness (QED) is 0.207. The van der Waals surface area contributed by atoms with Crippen LogP contribution in [0.15, 0.2) is 93.3 Å². The summed E-state index contributed by atoms with van der Waals surface area (Å²) in [5.74, 6) is -0.661. The molecule has 0 aliphatic carbocycles. The molecule has 8 nitrogen and oxygen atoms in total. The Kier molecular flexibility index (Phi) is 7.96. The van der Waals surface area contributed by atoms with E-state index in [9.17, 15) is 18.0 Å². The van der Waals surface area contributed by atoms with Crippen LogP contribution in [-0.2, 0) is 19.6 Å². The number of amides is 1. The summed E-state index contributed by atoms with van der Waals surface area (Å²) in [6, 6.07) is 21.0. The van der Waals surface area contributed by atoms with Crippen LogP contribution in [0.5, 0.6) is 5.75 Å². The van der Waals surface area contributed by atoms with Gasteiger partial charge in [-0.3, -0.25) is 13.9 Å². The van der Waals surface area contributed by atoms with Crippen molar-refractivity contribution in [1.82, 2.24) is 5.43 Å². The molecule has 0 bridgehead atoms. The molecule has 3 rings (SSSR count). The van der Waals surface area contributed by atoms with Crippen LogP contribution in [0.25, 0.3) is 0 Å². The van der Waals surface area contributed by atoms with Crippen molar-refractivity contribution in [3.05, 3.63) is 88.9 Å². The molecule has 0 spiro atoms. The number of halogens is 1. The van der Waals surface area contributed by atoms with Crippen LogP contribution in [0.3, 0.4) is 0 Å². The number of rotatable bonds is 8. The van der Waals surface area contributed by atoms with E-state index in [-0.39, 0.29) is 4.90 Å². The van der Waals surface area contributed by atoms with Gasteiger partial charge in [-0.15, -0.1) is 0 Å². The number of hydrogen-bond donors (Lipinski definition) is 1. The maximum atomic E-state index is 13.2. The molecule has 0 aliphatic heterocycles. The maximum absolute atomic E-state index is 13.2. The predicted octanol–water partition coefficient (Wildman–Crippen LogP) is 3.72. The van der Waals surface area contributed by atoms with Gasteiger partial charge in [0.05, 0.1) is 16.8 Å². The van der Waals surface area contributed by atoms with Gasteiger partial charge in [-0.25, -0.2) is 13.8 Å². The number of ether oxygens (including phenoxy) is 1. The van der Waals surface area contributed by atoms with Gasteiger partial charge in [0.15, 0.2) is 0 Å². The summed E-state index contributed by atoms with van der Waals surface area (Å²) >= 11 is 3.33. The molecule has 3 aromatic rings. The average molecular weight is 530 g/mol. The number of sulfonamides is 1. The number of hydrogen-bond acceptors (Lipinski definition) is 6. The summed E-state index contributed by atoms with van der Waals surface area (Å²) in [6.45, 7) is 0.830. The molecule has 0 aromatic heterocycles. The highest BCUT2D eigenvalue weighted by Gasteiger charge is 2.27. The van der Waals surface area contributed by atoms with Crippen LogP contribution < -0.4 is 14.5 Å². The van der Waals surface area contributed by atoms with Gasteiger partial charge in [0.1, 0.15) is 12.3 Å². The number of hydrazone groups is 1. The summed E-state index contributed by atoms with van der Waals surface area (Å²) in [7, 11) is -4.00. The van der Waals surface area contributed by atoms with Crippen molar-refractivity contribution in [2.24, 2.45) is 5.10 Å². The SMILES string of the molecule is CC(=O)Oc1ccc(/C=N\NC(=O)CN(c2cccc(Br)c2)S(=O)(=O)c2ccccc2)cc1. The van der Waals surface area contributed by atoms with E-state index < -0.39 is 28.4 Å². The second kappa shape index (κ2) is 10.9. The van der Waals surface area contributed by atoms with Gasteiger partial charge in [-0.1, -0.05) is 40.2 Å². The van der Waals surface area contributed by atoms with Crippen molar-refractivity contribution in [1.29, 1.82) is 0 Å². The summed E-state index contributed by atoms with van der Waals surface area (Å²) < 4.78 is 33.1. The number of anilines is 1. The highest BCUT2D eigenvalue weighted by Crippen LogP contribution is 2.26. The fraction of sp³-hybridized carbons (Fsp3) is 0.0870. The van der Waals surface area contributed by atoms with E-state index in [2.05, 4.69) is 26.5 Å². The van der Waals surface area contributed by atoms with Gasteiger partial charge < -0.3 is 4.74 Å². The second-order valence-corrected chi connectivity index (χ2v) is 9.54. The standard InChI is InChI=1S/C23H20BrN3O5S/c1-17(28)32-21-12-10-18(11-13-21)15-25-26-23(29)16-27(20-7-5-6-19(24)14-20)33(30,31)22-8-3-2-4-9-22/h2-15H,16H2,1H3,(H,26,29)/b25-15-. The minimum Gasteiger partial charge on any atom is -0.427 e. The Bertz CT molecular complexity index is 1260. The lowest BCUT2D eigenvalue weighted by molar-refractivity contribution is -0.131. The van der Waals surface area contributed by atoms with Crippen molar-refractivity contribution < 1.29 is 22.7 Å². The molecule has 1 N–H and O–H groups in total. The fourth-order valence-electron chi connectivity index (χ4n) is 2.80. The van der Waals surface area contributed by atoms with E-state index in [0.29, 0.717) is 21.5 Å². The first kappa shape index (κ1) is 24.1. The zero-order chi connectivity index (χ0) is 23.8. The van der Waals surface area contributed by atoms with Crippen LogP contribution in [0.1, 0.15) is 12.5 Å². The lowest BCUT2D eigenvalue weighted by Crippen LogP contribution is -2.39. The van der Waals surface area contributed by atoms with Crippen molar-refractivity contribution in [3.8, 4) is 5.75 Å². The molecular weight excluding hydrogens is 510 g/mol. The predicted molar refractivity (Wildman–Crippen MR) is 129 cm³/mol. The van der Waals surface area contributed by atoms with E-state index in [4.69, 9.17) is 4.74 Å². The fourth-order valence-corrected chi connectivity index (χ4v) is 4.62. The van der Waals surface area contributed by atoms with Gasteiger partial charge >= 0.3 is 5.97 Å². The molecule has 0 heterocycles. The van der Waals surface area contributed by atoms with Crippen LogP contribution in [-0.4, -0.2) is 33.1 Å². The zero-order valence-corrected chi connectivity index (χ0v) is 19.9. The lowest BCUT2D eigenvalue weighted by atomic mass is 10.2. The van der Waals surface area contributed by atoms with E-state index in [0.717, 1.165) is 4.31 Å². The molecule has 0 fully saturated rings. The third-order valence-electron chi connectivity index (χ3n) is 4.26. The molecule has 0 radical (unpaired) electrons.